The Morgan fingerprint density at radius 2 is 1.96 bits per heavy atom. The van der Waals surface area contributed by atoms with Crippen LogP contribution in [-0.4, -0.2) is 27.9 Å². The molecule has 0 saturated carbocycles. The van der Waals surface area contributed by atoms with Gasteiger partial charge >= 0.3 is 0 Å². The summed E-state index contributed by atoms with van der Waals surface area (Å²) in [4.78, 5) is 11.8. The summed E-state index contributed by atoms with van der Waals surface area (Å²) < 4.78 is 41.2. The topological polar surface area (TPSA) is 89.8 Å². The highest BCUT2D eigenvalue weighted by molar-refractivity contribution is 7.91. The summed E-state index contributed by atoms with van der Waals surface area (Å²) in [6.07, 6.45) is 6.06. The number of rotatable bonds is 5. The van der Waals surface area contributed by atoms with Crippen molar-refractivity contribution >= 4 is 15.8 Å². The fourth-order valence-corrected chi connectivity index (χ4v) is 3.07. The Hall–Kier alpha value is -2.81. The molecule has 7 nitrogen and oxygen atoms in total. The molecule has 3 rings (SSSR count). The molecule has 0 amide bonds. The molecule has 0 unspecified atom stereocenters. The van der Waals surface area contributed by atoms with Crippen LogP contribution >= 0.6 is 0 Å². The van der Waals surface area contributed by atoms with Gasteiger partial charge in [-0.15, -0.1) is 0 Å². The van der Waals surface area contributed by atoms with Gasteiger partial charge in [-0.05, 0) is 17.7 Å². The lowest BCUT2D eigenvalue weighted by Gasteiger charge is -2.08. The minimum Gasteiger partial charge on any atom is -0.290 e. The predicted octanol–water partition coefficient (Wildman–Crippen LogP) is 1.74. The number of hydrogen-bond donors (Lipinski definition) is 1. The predicted molar refractivity (Wildman–Crippen MR) is 81.8 cm³/mol. The standard InChI is InChI=1S/C14H12FN5O2S/c15-12-3-1-11(2-4-12)8-23(21,22)19-13-7-14(18-9-17-13)20-6-5-16-10-20/h1-7,9-10H,8H2,(H,17,18,19). The molecule has 0 aliphatic heterocycles. The zero-order valence-electron chi connectivity index (χ0n) is 11.8. The molecule has 0 bridgehead atoms. The second kappa shape index (κ2) is 6.13. The zero-order valence-corrected chi connectivity index (χ0v) is 12.6. The smallest absolute Gasteiger partial charge is 0.238 e. The number of hydrogen-bond acceptors (Lipinski definition) is 5. The Bertz CT molecular complexity index is 895. The fraction of sp³-hybridized carbons (Fsp3) is 0.0714. The Kier molecular flexibility index (Phi) is 4.02. The average Bonchev–Trinajstić information content (AvgIpc) is 3.03. The van der Waals surface area contributed by atoms with E-state index < -0.39 is 15.8 Å². The van der Waals surface area contributed by atoms with Crippen LogP contribution in [0.3, 0.4) is 0 Å². The van der Waals surface area contributed by atoms with Gasteiger partial charge in [0.1, 0.15) is 30.1 Å². The summed E-state index contributed by atoms with van der Waals surface area (Å²) >= 11 is 0. The van der Waals surface area contributed by atoms with E-state index in [2.05, 4.69) is 19.7 Å². The van der Waals surface area contributed by atoms with E-state index in [0.717, 1.165) is 0 Å². The van der Waals surface area contributed by atoms with E-state index in [1.807, 2.05) is 0 Å². The summed E-state index contributed by atoms with van der Waals surface area (Å²) in [5, 5.41) is 0. The van der Waals surface area contributed by atoms with E-state index in [-0.39, 0.29) is 11.6 Å². The van der Waals surface area contributed by atoms with E-state index in [0.29, 0.717) is 11.4 Å². The van der Waals surface area contributed by atoms with E-state index in [1.165, 1.54) is 36.7 Å². The minimum atomic E-state index is -3.67. The van der Waals surface area contributed by atoms with Gasteiger partial charge in [0.25, 0.3) is 0 Å². The third-order valence-corrected chi connectivity index (χ3v) is 4.19. The van der Waals surface area contributed by atoms with Crippen molar-refractivity contribution < 1.29 is 12.8 Å². The first-order chi connectivity index (χ1) is 11.0. The largest absolute Gasteiger partial charge is 0.290 e. The number of nitrogens with zero attached hydrogens (tertiary/aromatic N) is 4. The molecule has 9 heteroatoms. The molecule has 2 aromatic heterocycles. The van der Waals surface area contributed by atoms with Crippen molar-refractivity contribution in [3.63, 3.8) is 0 Å². The maximum absolute atomic E-state index is 12.9. The minimum absolute atomic E-state index is 0.144. The van der Waals surface area contributed by atoms with Gasteiger partial charge in [-0.2, -0.15) is 0 Å². The first-order valence-electron chi connectivity index (χ1n) is 6.57. The van der Waals surface area contributed by atoms with Gasteiger partial charge in [0, 0.05) is 18.5 Å². The quantitative estimate of drug-likeness (QED) is 0.768. The highest BCUT2D eigenvalue weighted by atomic mass is 32.2. The van der Waals surface area contributed by atoms with Crippen molar-refractivity contribution in [2.75, 3.05) is 4.72 Å². The molecule has 0 saturated heterocycles. The molecular weight excluding hydrogens is 321 g/mol. The van der Waals surface area contributed by atoms with Gasteiger partial charge in [0.15, 0.2) is 0 Å². The summed E-state index contributed by atoms with van der Waals surface area (Å²) in [5.41, 5.74) is 0.475. The molecule has 0 spiro atoms. The van der Waals surface area contributed by atoms with Crippen LogP contribution in [0.4, 0.5) is 10.2 Å². The lowest BCUT2D eigenvalue weighted by Crippen LogP contribution is -2.16. The van der Waals surface area contributed by atoms with Crippen LogP contribution in [0.25, 0.3) is 5.82 Å². The highest BCUT2D eigenvalue weighted by Crippen LogP contribution is 2.13. The van der Waals surface area contributed by atoms with Crippen LogP contribution in [0, 0.1) is 5.82 Å². The Morgan fingerprint density at radius 1 is 1.17 bits per heavy atom. The molecular formula is C14H12FN5O2S. The normalized spacial score (nSPS) is 11.3. The molecule has 1 N–H and O–H groups in total. The van der Waals surface area contributed by atoms with Crippen LogP contribution in [0.1, 0.15) is 5.56 Å². The Labute approximate surface area is 131 Å². The summed E-state index contributed by atoms with van der Waals surface area (Å²) in [5.74, 6) is -0.0693. The molecule has 1 aromatic carbocycles. The maximum Gasteiger partial charge on any atom is 0.238 e. The Morgan fingerprint density at radius 3 is 2.65 bits per heavy atom. The van der Waals surface area contributed by atoms with Crippen molar-refractivity contribution in [1.29, 1.82) is 0 Å². The second-order valence-corrected chi connectivity index (χ2v) is 6.44. The van der Waals surface area contributed by atoms with Crippen LogP contribution < -0.4 is 4.72 Å². The summed E-state index contributed by atoms with van der Waals surface area (Å²) in [7, 11) is -3.67. The number of benzene rings is 1. The van der Waals surface area contributed by atoms with E-state index >= 15 is 0 Å². The van der Waals surface area contributed by atoms with Crippen LogP contribution in [0.5, 0.6) is 0 Å². The maximum atomic E-state index is 12.9. The third-order valence-electron chi connectivity index (χ3n) is 2.95. The molecule has 0 fully saturated rings. The van der Waals surface area contributed by atoms with Crippen molar-refractivity contribution in [2.45, 2.75) is 5.75 Å². The van der Waals surface area contributed by atoms with Gasteiger partial charge in [0.05, 0.1) is 5.75 Å². The molecule has 118 valence electrons. The second-order valence-electron chi connectivity index (χ2n) is 4.72. The van der Waals surface area contributed by atoms with Crippen LogP contribution in [-0.2, 0) is 15.8 Å². The zero-order chi connectivity index (χ0) is 16.3. The van der Waals surface area contributed by atoms with E-state index in [4.69, 9.17) is 0 Å². The van der Waals surface area contributed by atoms with Gasteiger partial charge in [-0.3, -0.25) is 9.29 Å². The van der Waals surface area contributed by atoms with Gasteiger partial charge in [0.2, 0.25) is 10.0 Å². The summed E-state index contributed by atoms with van der Waals surface area (Å²) in [6.45, 7) is 0. The number of nitrogens with one attached hydrogen (secondary N) is 1. The van der Waals surface area contributed by atoms with Gasteiger partial charge in [-0.1, -0.05) is 12.1 Å². The van der Waals surface area contributed by atoms with Crippen molar-refractivity contribution in [2.24, 2.45) is 0 Å². The van der Waals surface area contributed by atoms with E-state index in [1.54, 1.807) is 23.3 Å². The monoisotopic (exact) mass is 333 g/mol. The number of sulfonamides is 1. The fourth-order valence-electron chi connectivity index (χ4n) is 1.93. The molecule has 0 atom stereocenters. The molecule has 23 heavy (non-hydrogen) atoms. The van der Waals surface area contributed by atoms with Crippen LogP contribution in [0.15, 0.2) is 55.4 Å². The third kappa shape index (κ3) is 3.89. The average molecular weight is 333 g/mol. The number of anilines is 1. The molecule has 0 aliphatic carbocycles. The Balaban J connectivity index is 1.78. The first kappa shape index (κ1) is 15.1. The molecule has 2 heterocycles. The number of halogens is 1. The van der Waals surface area contributed by atoms with Crippen molar-refractivity contribution in [1.82, 2.24) is 19.5 Å². The van der Waals surface area contributed by atoms with Gasteiger partial charge in [-0.25, -0.2) is 27.8 Å². The molecule has 0 aliphatic rings. The lowest BCUT2D eigenvalue weighted by atomic mass is 10.2. The molecule has 0 radical (unpaired) electrons. The SMILES string of the molecule is O=S(=O)(Cc1ccc(F)cc1)Nc1cc(-n2ccnc2)ncn1. The van der Waals surface area contributed by atoms with Gasteiger partial charge < -0.3 is 0 Å². The highest BCUT2D eigenvalue weighted by Gasteiger charge is 2.13. The van der Waals surface area contributed by atoms with Crippen LogP contribution in [0.2, 0.25) is 0 Å². The summed E-state index contributed by atoms with van der Waals surface area (Å²) in [6, 6.07) is 6.76. The van der Waals surface area contributed by atoms with Crippen molar-refractivity contribution in [3.05, 3.63) is 66.8 Å². The van der Waals surface area contributed by atoms with Crippen molar-refractivity contribution in [3.8, 4) is 5.82 Å². The first-order valence-corrected chi connectivity index (χ1v) is 8.22. The lowest BCUT2D eigenvalue weighted by molar-refractivity contribution is 0.599. The van der Waals surface area contributed by atoms with E-state index in [9.17, 15) is 12.8 Å². The molecule has 3 aromatic rings. The number of aromatic nitrogens is 4. The number of imidazole rings is 1.